The standard InChI is InChI=1S/C14H21BrN2O/c1-4-9(2)13(16)14(18)17-10(3)11-7-5-6-8-12(11)15/h5-10,13H,4,16H2,1-3H3,(H,17,18)/t9?,10-,13?/m0/s1. The van der Waals surface area contributed by atoms with Crippen molar-refractivity contribution >= 4 is 21.8 Å². The Balaban J connectivity index is 2.68. The zero-order valence-corrected chi connectivity index (χ0v) is 12.7. The SMILES string of the molecule is CCC(C)C(N)C(=O)N[C@@H](C)c1ccccc1Br. The van der Waals surface area contributed by atoms with Gasteiger partial charge in [-0.25, -0.2) is 0 Å². The van der Waals surface area contributed by atoms with E-state index < -0.39 is 6.04 Å². The summed E-state index contributed by atoms with van der Waals surface area (Å²) in [6.45, 7) is 5.99. The van der Waals surface area contributed by atoms with E-state index in [0.29, 0.717) is 0 Å². The predicted molar refractivity (Wildman–Crippen MR) is 78.1 cm³/mol. The van der Waals surface area contributed by atoms with Crippen molar-refractivity contribution in [2.75, 3.05) is 0 Å². The highest BCUT2D eigenvalue weighted by atomic mass is 79.9. The maximum atomic E-state index is 12.0. The summed E-state index contributed by atoms with van der Waals surface area (Å²) in [6.07, 6.45) is 0.901. The molecule has 1 amide bonds. The van der Waals surface area contributed by atoms with Crippen LogP contribution in [0.4, 0.5) is 0 Å². The smallest absolute Gasteiger partial charge is 0.237 e. The number of hydrogen-bond acceptors (Lipinski definition) is 2. The van der Waals surface area contributed by atoms with Gasteiger partial charge in [-0.3, -0.25) is 4.79 Å². The van der Waals surface area contributed by atoms with E-state index >= 15 is 0 Å². The second-order valence-electron chi connectivity index (χ2n) is 4.66. The third-order valence-electron chi connectivity index (χ3n) is 3.29. The summed E-state index contributed by atoms with van der Waals surface area (Å²) in [5, 5.41) is 2.96. The number of halogens is 1. The molecule has 0 fully saturated rings. The quantitative estimate of drug-likeness (QED) is 0.878. The van der Waals surface area contributed by atoms with Gasteiger partial charge in [0.15, 0.2) is 0 Å². The molecule has 1 rings (SSSR count). The third kappa shape index (κ3) is 3.82. The van der Waals surface area contributed by atoms with E-state index in [1.54, 1.807) is 0 Å². The fourth-order valence-electron chi connectivity index (χ4n) is 1.73. The van der Waals surface area contributed by atoms with Crippen LogP contribution in [0.1, 0.15) is 38.8 Å². The van der Waals surface area contributed by atoms with Crippen LogP contribution in [0.2, 0.25) is 0 Å². The fraction of sp³-hybridized carbons (Fsp3) is 0.500. The van der Waals surface area contributed by atoms with E-state index in [0.717, 1.165) is 16.5 Å². The zero-order chi connectivity index (χ0) is 13.7. The first-order valence-corrected chi connectivity index (χ1v) is 7.07. The molecule has 100 valence electrons. The van der Waals surface area contributed by atoms with Crippen LogP contribution in [0, 0.1) is 5.92 Å². The highest BCUT2D eigenvalue weighted by Gasteiger charge is 2.21. The average molecular weight is 313 g/mol. The van der Waals surface area contributed by atoms with Gasteiger partial charge in [0.05, 0.1) is 12.1 Å². The van der Waals surface area contributed by atoms with Gasteiger partial charge in [-0.05, 0) is 24.5 Å². The molecule has 0 spiro atoms. The number of carbonyl (C=O) groups excluding carboxylic acids is 1. The Morgan fingerprint density at radius 3 is 2.56 bits per heavy atom. The minimum atomic E-state index is -0.445. The Kier molecular flexibility index (Phi) is 5.82. The molecular weight excluding hydrogens is 292 g/mol. The number of hydrogen-bond donors (Lipinski definition) is 2. The molecule has 0 aliphatic rings. The number of carbonyl (C=O) groups is 1. The minimum Gasteiger partial charge on any atom is -0.348 e. The van der Waals surface area contributed by atoms with Gasteiger partial charge in [0, 0.05) is 4.47 Å². The number of nitrogens with one attached hydrogen (secondary N) is 1. The van der Waals surface area contributed by atoms with E-state index in [-0.39, 0.29) is 17.9 Å². The van der Waals surface area contributed by atoms with Crippen LogP contribution in [0.3, 0.4) is 0 Å². The zero-order valence-electron chi connectivity index (χ0n) is 11.1. The lowest BCUT2D eigenvalue weighted by Gasteiger charge is -2.22. The second kappa shape index (κ2) is 6.90. The summed E-state index contributed by atoms with van der Waals surface area (Å²) in [7, 11) is 0. The molecule has 1 aromatic rings. The topological polar surface area (TPSA) is 55.1 Å². The van der Waals surface area contributed by atoms with Gasteiger partial charge >= 0.3 is 0 Å². The summed E-state index contributed by atoms with van der Waals surface area (Å²) in [5.74, 6) is 0.101. The van der Waals surface area contributed by atoms with Crippen molar-refractivity contribution in [1.82, 2.24) is 5.32 Å². The largest absolute Gasteiger partial charge is 0.348 e. The van der Waals surface area contributed by atoms with Crippen molar-refractivity contribution in [3.63, 3.8) is 0 Å². The van der Waals surface area contributed by atoms with Gasteiger partial charge < -0.3 is 11.1 Å². The second-order valence-corrected chi connectivity index (χ2v) is 5.52. The lowest BCUT2D eigenvalue weighted by molar-refractivity contribution is -0.124. The molecule has 4 heteroatoms. The van der Waals surface area contributed by atoms with Gasteiger partial charge in [0.1, 0.15) is 0 Å². The van der Waals surface area contributed by atoms with Gasteiger partial charge in [-0.15, -0.1) is 0 Å². The Labute approximate surface area is 117 Å². The maximum absolute atomic E-state index is 12.0. The molecular formula is C14H21BrN2O. The van der Waals surface area contributed by atoms with E-state index in [2.05, 4.69) is 21.2 Å². The molecule has 0 aromatic heterocycles. The molecule has 2 unspecified atom stereocenters. The maximum Gasteiger partial charge on any atom is 0.237 e. The van der Waals surface area contributed by atoms with Crippen molar-refractivity contribution in [3.05, 3.63) is 34.3 Å². The van der Waals surface area contributed by atoms with Crippen LogP contribution in [0.15, 0.2) is 28.7 Å². The fourth-order valence-corrected chi connectivity index (χ4v) is 2.35. The molecule has 0 saturated heterocycles. The third-order valence-corrected chi connectivity index (χ3v) is 4.01. The molecule has 0 aliphatic heterocycles. The minimum absolute atomic E-state index is 0.0526. The molecule has 3 nitrogen and oxygen atoms in total. The molecule has 3 N–H and O–H groups in total. The molecule has 0 bridgehead atoms. The average Bonchev–Trinajstić information content (AvgIpc) is 2.37. The number of benzene rings is 1. The summed E-state index contributed by atoms with van der Waals surface area (Å²) >= 11 is 3.48. The van der Waals surface area contributed by atoms with Crippen molar-refractivity contribution in [1.29, 1.82) is 0 Å². The van der Waals surface area contributed by atoms with Gasteiger partial charge in [-0.2, -0.15) is 0 Å². The van der Waals surface area contributed by atoms with E-state index in [9.17, 15) is 4.79 Å². The Morgan fingerprint density at radius 1 is 1.39 bits per heavy atom. The molecule has 0 radical (unpaired) electrons. The summed E-state index contributed by atoms with van der Waals surface area (Å²) in [6, 6.07) is 7.36. The van der Waals surface area contributed by atoms with Crippen LogP contribution < -0.4 is 11.1 Å². The monoisotopic (exact) mass is 312 g/mol. The highest BCUT2D eigenvalue weighted by molar-refractivity contribution is 9.10. The number of amides is 1. The van der Waals surface area contributed by atoms with Crippen molar-refractivity contribution in [2.24, 2.45) is 11.7 Å². The van der Waals surface area contributed by atoms with E-state index in [4.69, 9.17) is 5.73 Å². The molecule has 0 saturated carbocycles. The Bertz CT molecular complexity index is 409. The summed E-state index contributed by atoms with van der Waals surface area (Å²) in [4.78, 5) is 12.0. The van der Waals surface area contributed by atoms with Gasteiger partial charge in [0.2, 0.25) is 5.91 Å². The number of nitrogens with two attached hydrogens (primary N) is 1. The molecule has 18 heavy (non-hydrogen) atoms. The first kappa shape index (κ1) is 15.2. The van der Waals surface area contributed by atoms with Crippen molar-refractivity contribution < 1.29 is 4.79 Å². The van der Waals surface area contributed by atoms with Crippen LogP contribution in [-0.4, -0.2) is 11.9 Å². The Hall–Kier alpha value is -0.870. The molecule has 3 atom stereocenters. The Morgan fingerprint density at radius 2 is 2.00 bits per heavy atom. The highest BCUT2D eigenvalue weighted by Crippen LogP contribution is 2.22. The normalized spacial score (nSPS) is 15.8. The van der Waals surface area contributed by atoms with Crippen LogP contribution >= 0.6 is 15.9 Å². The van der Waals surface area contributed by atoms with Crippen LogP contribution in [-0.2, 0) is 4.79 Å². The van der Waals surface area contributed by atoms with Crippen LogP contribution in [0.25, 0.3) is 0 Å². The summed E-state index contributed by atoms with van der Waals surface area (Å²) in [5.41, 5.74) is 6.97. The van der Waals surface area contributed by atoms with E-state index in [1.807, 2.05) is 45.0 Å². The lowest BCUT2D eigenvalue weighted by atomic mass is 9.98. The van der Waals surface area contributed by atoms with Gasteiger partial charge in [0.25, 0.3) is 0 Å². The van der Waals surface area contributed by atoms with Crippen molar-refractivity contribution in [3.8, 4) is 0 Å². The van der Waals surface area contributed by atoms with Crippen LogP contribution in [0.5, 0.6) is 0 Å². The first-order chi connectivity index (χ1) is 8.47. The van der Waals surface area contributed by atoms with Crippen molar-refractivity contribution in [2.45, 2.75) is 39.3 Å². The van der Waals surface area contributed by atoms with E-state index in [1.165, 1.54) is 0 Å². The molecule has 0 heterocycles. The number of rotatable bonds is 5. The first-order valence-electron chi connectivity index (χ1n) is 6.27. The molecule has 1 aromatic carbocycles. The lowest BCUT2D eigenvalue weighted by Crippen LogP contribution is -2.45. The molecule has 0 aliphatic carbocycles. The summed E-state index contributed by atoms with van der Waals surface area (Å²) < 4.78 is 0.995. The van der Waals surface area contributed by atoms with Gasteiger partial charge in [-0.1, -0.05) is 54.4 Å². The predicted octanol–water partition coefficient (Wildman–Crippen LogP) is 3.00.